The summed E-state index contributed by atoms with van der Waals surface area (Å²) in [6.45, 7) is 7.00. The molecule has 3 aromatic carbocycles. The number of hydrogen-bond donors (Lipinski definition) is 15. The SMILES string of the molecule is Cc1cc(C)c(S(=O)(=O)OC[C@H]2O[C@@H]3O[C@H]4[C@H](O)[C@@H](O)[C@@H](O[C@H]5[C@H](O)[C@@H](O)[C@@H](O[C@H]6[C@H](O)[C@@H](O)[C@@H](O[C@H]7[C@H](O)[C@@H](O)[C@@H](O[C@H]8[C@H](O)[C@@H](O)[C@@H](O[C@H]2[C@H](O)[C@H]3O)O[C@@H]8CO)O[C@@H]7CO)O[C@@H]6COS(=O)(=O)c2c(C)cc(C)cc2C)O[C@@H]5COS(=O)(=O)c2c(C)cc(C)cc2C)O[C@@H]4CO)c(C)c1. The van der Waals surface area contributed by atoms with Crippen molar-refractivity contribution in [3.05, 3.63) is 86.5 Å². The number of aliphatic hydroxyl groups is 15. The second kappa shape index (κ2) is 32.2. The Morgan fingerprint density at radius 2 is 0.422 bits per heavy atom. The van der Waals surface area contributed by atoms with Gasteiger partial charge in [-0.15, -0.1) is 0 Å². The highest BCUT2D eigenvalue weighted by Crippen LogP contribution is 2.40. The van der Waals surface area contributed by atoms with Gasteiger partial charge in [0.05, 0.1) is 54.3 Å². The van der Waals surface area contributed by atoms with Gasteiger partial charge in [-0.2, -0.15) is 25.3 Å². The summed E-state index contributed by atoms with van der Waals surface area (Å²) in [7, 11) is -14.5. The van der Waals surface area contributed by atoms with Gasteiger partial charge in [0.1, 0.15) is 146 Å². The average Bonchev–Trinajstić information content (AvgIpc) is 0.774. The van der Waals surface area contributed by atoms with Crippen molar-refractivity contribution in [3.8, 4) is 0 Å². The minimum Gasteiger partial charge on any atom is -0.394 e. The number of aryl methyl sites for hydroxylation is 9. The van der Waals surface area contributed by atoms with E-state index in [4.69, 9.17) is 69.4 Å². The predicted molar refractivity (Wildman–Crippen MR) is 336 cm³/mol. The maximum atomic E-state index is 14.2. The summed E-state index contributed by atoms with van der Waals surface area (Å²) in [5.74, 6) is 0. The van der Waals surface area contributed by atoms with Gasteiger partial charge in [0.25, 0.3) is 30.4 Å². The summed E-state index contributed by atoms with van der Waals surface area (Å²) < 4.78 is 173. The fraction of sp³-hybridized carbons (Fsp3) is 0.714. The van der Waals surface area contributed by atoms with Gasteiger partial charge >= 0.3 is 0 Å². The molecule has 0 aromatic heterocycles. The molecule has 22 aliphatic heterocycles. The zero-order valence-electron chi connectivity index (χ0n) is 56.5. The third-order valence-electron chi connectivity index (χ3n) is 18.9. The van der Waals surface area contributed by atoms with Crippen LogP contribution < -0.4 is 0 Å². The molecule has 102 heavy (non-hydrogen) atoms. The zero-order valence-corrected chi connectivity index (χ0v) is 59.0. The van der Waals surface area contributed by atoms with Crippen molar-refractivity contribution in [1.29, 1.82) is 0 Å². The van der Waals surface area contributed by atoms with E-state index >= 15 is 0 Å². The lowest BCUT2D eigenvalue weighted by molar-refractivity contribution is -0.403. The van der Waals surface area contributed by atoms with Crippen LogP contribution in [0.1, 0.15) is 50.1 Å². The second-order valence-corrected chi connectivity index (χ2v) is 31.4. The maximum absolute atomic E-state index is 14.2. The first kappa shape index (κ1) is 80.8. The number of hydrogen-bond acceptors (Lipinski definition) is 36. The van der Waals surface area contributed by atoms with Crippen LogP contribution in [0.3, 0.4) is 0 Å². The molecular weight excluding hydrogens is 1430 g/mol. The van der Waals surface area contributed by atoms with E-state index in [-0.39, 0.29) is 48.1 Å². The van der Waals surface area contributed by atoms with Crippen molar-refractivity contribution >= 4 is 30.4 Å². The van der Waals surface area contributed by atoms with Crippen molar-refractivity contribution in [3.63, 3.8) is 0 Å². The minimum atomic E-state index is -4.86. The molecule has 0 spiro atoms. The van der Waals surface area contributed by atoms with E-state index in [1.54, 1.807) is 32.9 Å². The Morgan fingerprint density at radius 3 is 0.588 bits per heavy atom. The van der Waals surface area contributed by atoms with Crippen LogP contribution in [-0.4, -0.2) is 326 Å². The van der Waals surface area contributed by atoms with Crippen LogP contribution in [0.5, 0.6) is 0 Å². The lowest BCUT2D eigenvalue weighted by Crippen LogP contribution is -2.69. The van der Waals surface area contributed by atoms with Crippen molar-refractivity contribution in [2.75, 3.05) is 39.6 Å². The highest BCUT2D eigenvalue weighted by Gasteiger charge is 2.59. The molecule has 576 valence electrons. The van der Waals surface area contributed by atoms with Gasteiger partial charge in [0.2, 0.25) is 0 Å². The first-order valence-electron chi connectivity index (χ1n) is 32.6. The molecule has 22 saturated heterocycles. The summed E-state index contributed by atoms with van der Waals surface area (Å²) in [5.41, 5.74) is 3.39. The summed E-state index contributed by atoms with van der Waals surface area (Å²) >= 11 is 0. The molecule has 15 N–H and O–H groups in total. The molecule has 30 atom stereocenters. The molecule has 36 nitrogen and oxygen atoms in total. The van der Waals surface area contributed by atoms with Gasteiger partial charge < -0.3 is 133 Å². The fourth-order valence-corrected chi connectivity index (χ4v) is 18.2. The Labute approximate surface area is 586 Å². The minimum absolute atomic E-state index is 0.218. The van der Waals surface area contributed by atoms with Crippen molar-refractivity contribution in [1.82, 2.24) is 0 Å². The van der Waals surface area contributed by atoms with Gasteiger partial charge in [-0.25, -0.2) is 0 Å². The molecule has 0 aliphatic carbocycles. The summed E-state index contributed by atoms with van der Waals surface area (Å²) in [5, 5.41) is 175. The molecule has 25 rings (SSSR count). The van der Waals surface area contributed by atoms with E-state index in [1.807, 2.05) is 0 Å². The smallest absolute Gasteiger partial charge is 0.297 e. The van der Waals surface area contributed by atoms with E-state index < -0.39 is 254 Å². The highest BCUT2D eigenvalue weighted by atomic mass is 32.2. The molecule has 22 fully saturated rings. The molecule has 0 radical (unpaired) electrons. The van der Waals surface area contributed by atoms with Crippen LogP contribution in [0, 0.1) is 62.3 Å². The van der Waals surface area contributed by atoms with Crippen LogP contribution in [0.15, 0.2) is 51.1 Å². The molecule has 12 bridgehead atoms. The van der Waals surface area contributed by atoms with E-state index in [0.717, 1.165) is 0 Å². The van der Waals surface area contributed by atoms with Crippen molar-refractivity contribution < 1.29 is 171 Å². The summed E-state index contributed by atoms with van der Waals surface area (Å²) in [4.78, 5) is -0.906. The Kier molecular flexibility index (Phi) is 25.6. The third-order valence-corrected chi connectivity index (χ3v) is 23.6. The molecule has 0 unspecified atom stereocenters. The molecule has 3 aromatic rings. The van der Waals surface area contributed by atoms with Crippen LogP contribution in [-0.2, 0) is 99.7 Å². The lowest BCUT2D eigenvalue weighted by Gasteiger charge is -2.50. The highest BCUT2D eigenvalue weighted by molar-refractivity contribution is 7.87. The molecule has 22 heterocycles. The van der Waals surface area contributed by atoms with E-state index in [1.165, 1.54) is 65.8 Å². The quantitative estimate of drug-likeness (QED) is 0.0630. The van der Waals surface area contributed by atoms with E-state index in [2.05, 4.69) is 0 Å². The monoisotopic (exact) mass is 1520 g/mol. The predicted octanol–water partition coefficient (Wildman–Crippen LogP) is -6.04. The Bertz CT molecular complexity index is 3680. The summed E-state index contributed by atoms with van der Waals surface area (Å²) in [6, 6.07) is 9.24. The van der Waals surface area contributed by atoms with Gasteiger partial charge in [-0.3, -0.25) is 12.5 Å². The Morgan fingerprint density at radius 1 is 0.265 bits per heavy atom. The van der Waals surface area contributed by atoms with Gasteiger partial charge in [0.15, 0.2) is 37.7 Å². The molecule has 22 aliphatic rings. The lowest BCUT2D eigenvalue weighted by atomic mass is 9.94. The average molecular weight is 1520 g/mol. The Balaban J connectivity index is 1.03. The molecular formula is C63H90O36S3. The maximum Gasteiger partial charge on any atom is 0.297 e. The van der Waals surface area contributed by atoms with Crippen molar-refractivity contribution in [2.45, 2.75) is 261 Å². The number of benzene rings is 3. The number of ether oxygens (including phenoxy) is 12. The van der Waals surface area contributed by atoms with Gasteiger partial charge in [-0.1, -0.05) is 53.1 Å². The van der Waals surface area contributed by atoms with E-state index in [9.17, 15) is 102 Å². The third kappa shape index (κ3) is 16.5. The molecule has 39 heteroatoms. The van der Waals surface area contributed by atoms with Crippen LogP contribution in [0.4, 0.5) is 0 Å². The fourth-order valence-electron chi connectivity index (χ4n) is 14.2. The Hall–Kier alpha value is -3.69. The van der Waals surface area contributed by atoms with Crippen LogP contribution in [0.25, 0.3) is 0 Å². The zero-order chi connectivity index (χ0) is 74.8. The van der Waals surface area contributed by atoms with Crippen LogP contribution >= 0.6 is 0 Å². The van der Waals surface area contributed by atoms with E-state index in [0.29, 0.717) is 16.7 Å². The first-order valence-corrected chi connectivity index (χ1v) is 36.8. The largest absolute Gasteiger partial charge is 0.394 e. The second-order valence-electron chi connectivity index (χ2n) is 26.7. The van der Waals surface area contributed by atoms with Gasteiger partial charge in [-0.05, 0) is 95.7 Å². The first-order chi connectivity index (χ1) is 47.8. The number of aliphatic hydroxyl groups excluding tert-OH is 15. The topological polar surface area (TPSA) is 544 Å². The molecule has 0 saturated carbocycles. The van der Waals surface area contributed by atoms with Crippen LogP contribution in [0.2, 0.25) is 0 Å². The van der Waals surface area contributed by atoms with Crippen molar-refractivity contribution in [2.24, 2.45) is 0 Å². The normalized spacial score (nSPS) is 40.5. The number of rotatable bonds is 15. The standard InChI is InChI=1S/C63H90O36S3/c1-22-10-25(4)55(26(5)11-22)100(79,80)85-19-34-52-40(70)46(76)61(91-34)96-51-33(18-66)90-60(45(75)39(51)69)98-53-35(20-86-101(81,82)56-27(6)12-23(2)13-28(56)7)93-63(48(78)42(53)72)99-54-36(21-87-102(83,84)57-29(8)14-24(3)15-30(57)9)92-62(47(77)41(54)71)95-50-32(17-65)88-58(43(73)37(50)67)94-49-31(16-64)89-59(97-52)44(74)38(49)68/h10-15,31-54,58-78H,16-21H2,1-9H3/t31-,32-,33-,34-,35-,36-,37-,38-,39-,40-,41-,42-,43-,44-,45-,46-,47-,48-,49-,50-,51-,52-,53-,54-,58-,59-,60-,61-,62-,63-/m1/s1. The van der Waals surface area contributed by atoms with Gasteiger partial charge in [0, 0.05) is 0 Å². The summed E-state index contributed by atoms with van der Waals surface area (Å²) in [6.07, 6.45) is -66.5. The molecule has 0 amide bonds.